The summed E-state index contributed by atoms with van der Waals surface area (Å²) in [5.74, 6) is 0.150. The molecule has 0 heterocycles. The molecular weight excluding hydrogens is 172 g/mol. The third-order valence-corrected chi connectivity index (χ3v) is 1.57. The summed E-state index contributed by atoms with van der Waals surface area (Å²) in [5.41, 5.74) is 0. The van der Waals surface area contributed by atoms with E-state index in [0.717, 1.165) is 6.42 Å². The van der Waals surface area contributed by atoms with E-state index >= 15 is 0 Å². The van der Waals surface area contributed by atoms with Gasteiger partial charge >= 0.3 is 5.97 Å². The lowest BCUT2D eigenvalue weighted by Crippen LogP contribution is -2.21. The Morgan fingerprint density at radius 3 is 2.54 bits per heavy atom. The molecule has 0 radical (unpaired) electrons. The standard InChI is InChI=1S/C9H18O4/c1-7(2)3-4-9(12)13-6-8(11)5-10/h7-8,10-11H,3-6H2,1-2H3. The van der Waals surface area contributed by atoms with E-state index in [2.05, 4.69) is 0 Å². The molecule has 0 aromatic carbocycles. The fourth-order valence-corrected chi connectivity index (χ4v) is 0.721. The van der Waals surface area contributed by atoms with E-state index in [9.17, 15) is 4.79 Å². The molecule has 0 aromatic heterocycles. The zero-order valence-corrected chi connectivity index (χ0v) is 8.19. The molecule has 0 fully saturated rings. The van der Waals surface area contributed by atoms with Crippen LogP contribution in [0, 0.1) is 5.92 Å². The molecule has 0 rings (SSSR count). The van der Waals surface area contributed by atoms with Crippen LogP contribution in [0.1, 0.15) is 26.7 Å². The molecule has 0 amide bonds. The van der Waals surface area contributed by atoms with Crippen LogP contribution in [-0.4, -0.2) is 35.5 Å². The zero-order valence-electron chi connectivity index (χ0n) is 8.19. The second kappa shape index (κ2) is 6.86. The second-order valence-electron chi connectivity index (χ2n) is 3.45. The quantitative estimate of drug-likeness (QED) is 0.592. The van der Waals surface area contributed by atoms with Crippen LogP contribution in [0.4, 0.5) is 0 Å². The molecule has 4 heteroatoms. The van der Waals surface area contributed by atoms with Crippen molar-refractivity contribution in [3.63, 3.8) is 0 Å². The molecule has 0 saturated carbocycles. The van der Waals surface area contributed by atoms with E-state index in [0.29, 0.717) is 12.3 Å². The highest BCUT2D eigenvalue weighted by Gasteiger charge is 2.08. The first-order chi connectivity index (χ1) is 6.06. The predicted molar refractivity (Wildman–Crippen MR) is 48.1 cm³/mol. The van der Waals surface area contributed by atoms with Crippen LogP contribution < -0.4 is 0 Å². The van der Waals surface area contributed by atoms with Gasteiger partial charge in [0.25, 0.3) is 0 Å². The lowest BCUT2D eigenvalue weighted by molar-refractivity contribution is -0.147. The van der Waals surface area contributed by atoms with Crippen molar-refractivity contribution in [2.45, 2.75) is 32.8 Å². The molecule has 78 valence electrons. The summed E-state index contributed by atoms with van der Waals surface area (Å²) in [6.07, 6.45) is 0.201. The Bertz CT molecular complexity index is 145. The summed E-state index contributed by atoms with van der Waals surface area (Å²) in [6, 6.07) is 0. The average molecular weight is 190 g/mol. The highest BCUT2D eigenvalue weighted by atomic mass is 16.5. The first-order valence-corrected chi connectivity index (χ1v) is 4.50. The molecule has 1 atom stereocenters. The van der Waals surface area contributed by atoms with Gasteiger partial charge in [0.15, 0.2) is 0 Å². The van der Waals surface area contributed by atoms with Crippen molar-refractivity contribution in [3.8, 4) is 0 Å². The number of hydrogen-bond donors (Lipinski definition) is 2. The third kappa shape index (κ3) is 7.74. The van der Waals surface area contributed by atoms with Gasteiger partial charge in [-0.25, -0.2) is 0 Å². The fraction of sp³-hybridized carbons (Fsp3) is 0.889. The monoisotopic (exact) mass is 190 g/mol. The number of aliphatic hydroxyl groups is 2. The Kier molecular flexibility index (Phi) is 6.54. The highest BCUT2D eigenvalue weighted by Crippen LogP contribution is 2.04. The number of carbonyl (C=O) groups is 1. The van der Waals surface area contributed by atoms with Crippen molar-refractivity contribution >= 4 is 5.97 Å². The van der Waals surface area contributed by atoms with E-state index in [1.165, 1.54) is 0 Å². The lowest BCUT2D eigenvalue weighted by atomic mass is 10.1. The van der Waals surface area contributed by atoms with E-state index in [-0.39, 0.29) is 19.2 Å². The summed E-state index contributed by atoms with van der Waals surface area (Å²) in [4.78, 5) is 11.0. The normalized spacial score (nSPS) is 13.0. The molecule has 13 heavy (non-hydrogen) atoms. The summed E-state index contributed by atoms with van der Waals surface area (Å²) in [7, 11) is 0. The van der Waals surface area contributed by atoms with Crippen molar-refractivity contribution in [2.24, 2.45) is 5.92 Å². The minimum absolute atomic E-state index is 0.118. The molecule has 2 N–H and O–H groups in total. The minimum atomic E-state index is -0.956. The van der Waals surface area contributed by atoms with E-state index in [1.807, 2.05) is 13.8 Å². The average Bonchev–Trinajstić information content (AvgIpc) is 2.10. The van der Waals surface area contributed by atoms with E-state index < -0.39 is 6.10 Å². The van der Waals surface area contributed by atoms with Crippen LogP contribution in [-0.2, 0) is 9.53 Å². The maximum absolute atomic E-state index is 11.0. The number of rotatable bonds is 6. The van der Waals surface area contributed by atoms with Gasteiger partial charge in [-0.2, -0.15) is 0 Å². The molecule has 0 spiro atoms. The Hall–Kier alpha value is -0.610. The van der Waals surface area contributed by atoms with Gasteiger partial charge in [-0.05, 0) is 12.3 Å². The largest absolute Gasteiger partial charge is 0.463 e. The summed E-state index contributed by atoms with van der Waals surface area (Å²) in [5, 5.41) is 17.3. The SMILES string of the molecule is CC(C)CCC(=O)OCC(O)CO. The summed E-state index contributed by atoms with van der Waals surface area (Å²) in [6.45, 7) is 3.55. The highest BCUT2D eigenvalue weighted by molar-refractivity contribution is 5.69. The molecule has 0 aromatic rings. The number of carbonyl (C=O) groups excluding carboxylic acids is 1. The summed E-state index contributed by atoms with van der Waals surface area (Å²) >= 11 is 0. The van der Waals surface area contributed by atoms with Gasteiger partial charge in [0.05, 0.1) is 6.61 Å². The van der Waals surface area contributed by atoms with Crippen LogP contribution in [0.5, 0.6) is 0 Å². The summed E-state index contributed by atoms with van der Waals surface area (Å²) < 4.78 is 4.70. The van der Waals surface area contributed by atoms with Gasteiger partial charge in [-0.15, -0.1) is 0 Å². The zero-order chi connectivity index (χ0) is 10.3. The minimum Gasteiger partial charge on any atom is -0.463 e. The van der Waals surface area contributed by atoms with Crippen molar-refractivity contribution in [2.75, 3.05) is 13.2 Å². The van der Waals surface area contributed by atoms with Gasteiger partial charge in [0, 0.05) is 6.42 Å². The lowest BCUT2D eigenvalue weighted by Gasteiger charge is -2.08. The van der Waals surface area contributed by atoms with Crippen LogP contribution in [0.2, 0.25) is 0 Å². The van der Waals surface area contributed by atoms with Crippen LogP contribution in [0.25, 0.3) is 0 Å². The first-order valence-electron chi connectivity index (χ1n) is 4.50. The molecule has 4 nitrogen and oxygen atoms in total. The van der Waals surface area contributed by atoms with Gasteiger partial charge < -0.3 is 14.9 Å². The molecule has 0 aliphatic rings. The maximum Gasteiger partial charge on any atom is 0.305 e. The smallest absolute Gasteiger partial charge is 0.305 e. The molecule has 0 aliphatic carbocycles. The Morgan fingerprint density at radius 1 is 1.46 bits per heavy atom. The third-order valence-electron chi connectivity index (χ3n) is 1.57. The van der Waals surface area contributed by atoms with Gasteiger partial charge in [-0.1, -0.05) is 13.8 Å². The van der Waals surface area contributed by atoms with Gasteiger partial charge in [0.1, 0.15) is 12.7 Å². The van der Waals surface area contributed by atoms with Gasteiger partial charge in [-0.3, -0.25) is 4.79 Å². The van der Waals surface area contributed by atoms with Crippen molar-refractivity contribution < 1.29 is 19.7 Å². The Labute approximate surface area is 78.5 Å². The van der Waals surface area contributed by atoms with E-state index in [4.69, 9.17) is 14.9 Å². The van der Waals surface area contributed by atoms with Crippen molar-refractivity contribution in [3.05, 3.63) is 0 Å². The topological polar surface area (TPSA) is 66.8 Å². The first kappa shape index (κ1) is 12.4. The molecule has 0 aliphatic heterocycles. The van der Waals surface area contributed by atoms with Crippen LogP contribution >= 0.6 is 0 Å². The van der Waals surface area contributed by atoms with Gasteiger partial charge in [0.2, 0.25) is 0 Å². The molecule has 0 bridgehead atoms. The second-order valence-corrected chi connectivity index (χ2v) is 3.45. The number of ether oxygens (including phenoxy) is 1. The molecule has 0 saturated heterocycles. The number of hydrogen-bond acceptors (Lipinski definition) is 4. The predicted octanol–water partition coefficient (Wildman–Crippen LogP) is 0.319. The molecule has 1 unspecified atom stereocenters. The van der Waals surface area contributed by atoms with Crippen LogP contribution in [0.3, 0.4) is 0 Å². The molecular formula is C9H18O4. The number of esters is 1. The van der Waals surface area contributed by atoms with E-state index in [1.54, 1.807) is 0 Å². The van der Waals surface area contributed by atoms with Crippen molar-refractivity contribution in [1.29, 1.82) is 0 Å². The Morgan fingerprint density at radius 2 is 2.08 bits per heavy atom. The van der Waals surface area contributed by atoms with Crippen LogP contribution in [0.15, 0.2) is 0 Å². The Balaban J connectivity index is 3.40. The number of aliphatic hydroxyl groups excluding tert-OH is 2. The maximum atomic E-state index is 11.0. The van der Waals surface area contributed by atoms with Crippen molar-refractivity contribution in [1.82, 2.24) is 0 Å². The fourth-order valence-electron chi connectivity index (χ4n) is 0.721.